The standard InChI is InChI=1S/C38H29F4NO4/c1-23(44)37(43(24(2)45)33-17-15-29(40)21-32(33)42)38(30-16-14-28(39)20-31(30)41,27-13-18-34-35(19-27)47-22-46-34)36(25-9-5-3-6-10-25)26-11-7-4-8-12-26/h3-21,36-37H,22H2,1-2H3. The molecule has 1 amide bonds. The summed E-state index contributed by atoms with van der Waals surface area (Å²) in [5.41, 5.74) is -0.987. The molecule has 1 aliphatic heterocycles. The van der Waals surface area contributed by atoms with Crippen molar-refractivity contribution in [3.05, 3.63) is 161 Å². The van der Waals surface area contributed by atoms with Crippen molar-refractivity contribution >= 4 is 17.4 Å². The highest BCUT2D eigenvalue weighted by Gasteiger charge is 2.56. The van der Waals surface area contributed by atoms with Crippen LogP contribution in [0.5, 0.6) is 11.5 Å². The van der Waals surface area contributed by atoms with E-state index in [1.54, 1.807) is 78.9 Å². The fourth-order valence-electron chi connectivity index (χ4n) is 6.80. The third-order valence-corrected chi connectivity index (χ3v) is 8.53. The van der Waals surface area contributed by atoms with Crippen LogP contribution in [0.4, 0.5) is 23.2 Å². The first-order valence-corrected chi connectivity index (χ1v) is 14.8. The van der Waals surface area contributed by atoms with Gasteiger partial charge in [-0.3, -0.25) is 14.5 Å². The molecule has 0 radical (unpaired) electrons. The second-order valence-electron chi connectivity index (χ2n) is 11.3. The van der Waals surface area contributed by atoms with E-state index in [1.807, 2.05) is 0 Å². The van der Waals surface area contributed by atoms with Crippen LogP contribution in [0.2, 0.25) is 0 Å². The molecule has 0 fully saturated rings. The first-order valence-electron chi connectivity index (χ1n) is 14.8. The number of Topliss-reactive ketones (excluding diaryl/α,β-unsaturated/α-hetero) is 1. The Kier molecular flexibility index (Phi) is 8.56. The Morgan fingerprint density at radius 1 is 0.681 bits per heavy atom. The van der Waals surface area contributed by atoms with Gasteiger partial charge in [0.1, 0.15) is 29.3 Å². The van der Waals surface area contributed by atoms with Crippen LogP contribution < -0.4 is 14.4 Å². The van der Waals surface area contributed by atoms with Gasteiger partial charge in [-0.1, -0.05) is 72.8 Å². The first kappa shape index (κ1) is 31.5. The molecule has 238 valence electrons. The summed E-state index contributed by atoms with van der Waals surface area (Å²) in [5, 5.41) is 0. The smallest absolute Gasteiger partial charge is 0.231 e. The van der Waals surface area contributed by atoms with E-state index < -0.39 is 58.0 Å². The summed E-state index contributed by atoms with van der Waals surface area (Å²) in [7, 11) is 0. The average Bonchev–Trinajstić information content (AvgIpc) is 3.52. The predicted molar refractivity (Wildman–Crippen MR) is 168 cm³/mol. The van der Waals surface area contributed by atoms with Gasteiger partial charge in [0.25, 0.3) is 0 Å². The van der Waals surface area contributed by atoms with Crippen molar-refractivity contribution in [2.45, 2.75) is 31.2 Å². The zero-order valence-corrected chi connectivity index (χ0v) is 25.4. The lowest BCUT2D eigenvalue weighted by Gasteiger charge is -2.50. The van der Waals surface area contributed by atoms with Gasteiger partial charge < -0.3 is 9.47 Å². The average molecular weight is 640 g/mol. The van der Waals surface area contributed by atoms with Crippen LogP contribution in [0, 0.1) is 23.3 Å². The summed E-state index contributed by atoms with van der Waals surface area (Å²) in [6, 6.07) is 26.7. The van der Waals surface area contributed by atoms with Gasteiger partial charge in [-0.2, -0.15) is 0 Å². The monoisotopic (exact) mass is 639 g/mol. The number of halogens is 4. The van der Waals surface area contributed by atoms with Gasteiger partial charge in [-0.15, -0.1) is 0 Å². The molecule has 1 heterocycles. The predicted octanol–water partition coefficient (Wildman–Crippen LogP) is 8.10. The molecule has 0 spiro atoms. The van der Waals surface area contributed by atoms with E-state index in [0.29, 0.717) is 40.3 Å². The van der Waals surface area contributed by atoms with Gasteiger partial charge in [-0.25, -0.2) is 17.6 Å². The summed E-state index contributed by atoms with van der Waals surface area (Å²) in [6.07, 6.45) is 0. The fraction of sp³-hybridized carbons (Fsp3) is 0.158. The molecule has 5 nitrogen and oxygen atoms in total. The Balaban J connectivity index is 1.85. The Morgan fingerprint density at radius 2 is 1.26 bits per heavy atom. The van der Waals surface area contributed by atoms with Gasteiger partial charge in [0.15, 0.2) is 17.3 Å². The van der Waals surface area contributed by atoms with Crippen LogP contribution in [0.15, 0.2) is 115 Å². The normalized spacial score (nSPS) is 14.0. The number of anilines is 1. The SMILES string of the molecule is CC(=O)C(N(C(C)=O)c1ccc(F)cc1F)C(c1ccc2c(c1)OCO2)(c1ccc(F)cc1F)C(c1ccccc1)c1ccccc1. The van der Waals surface area contributed by atoms with Gasteiger partial charge in [0.2, 0.25) is 12.7 Å². The number of hydrogen-bond donors (Lipinski definition) is 0. The fourth-order valence-corrected chi connectivity index (χ4v) is 6.80. The van der Waals surface area contributed by atoms with E-state index in [1.165, 1.54) is 13.0 Å². The van der Waals surface area contributed by atoms with Gasteiger partial charge in [0.05, 0.1) is 11.1 Å². The number of benzene rings is 5. The van der Waals surface area contributed by atoms with Crippen molar-refractivity contribution in [3.63, 3.8) is 0 Å². The quantitative estimate of drug-likeness (QED) is 0.153. The molecule has 6 rings (SSSR count). The number of ether oxygens (including phenoxy) is 2. The molecule has 5 aromatic carbocycles. The number of rotatable bonds is 9. The maximum absolute atomic E-state index is 16.7. The summed E-state index contributed by atoms with van der Waals surface area (Å²) >= 11 is 0. The third-order valence-electron chi connectivity index (χ3n) is 8.53. The highest BCUT2D eigenvalue weighted by atomic mass is 19.1. The molecule has 47 heavy (non-hydrogen) atoms. The van der Waals surface area contributed by atoms with Gasteiger partial charge in [-0.05, 0) is 53.9 Å². The van der Waals surface area contributed by atoms with Crippen LogP contribution in [0.1, 0.15) is 42.0 Å². The maximum Gasteiger partial charge on any atom is 0.231 e. The lowest BCUT2D eigenvalue weighted by molar-refractivity contribution is -0.124. The zero-order chi connectivity index (χ0) is 33.3. The number of ketones is 1. The lowest BCUT2D eigenvalue weighted by atomic mass is 9.56. The molecule has 2 atom stereocenters. The Labute approximate surface area is 269 Å². The highest BCUT2D eigenvalue weighted by Crippen LogP contribution is 2.55. The second-order valence-corrected chi connectivity index (χ2v) is 11.3. The molecule has 0 bridgehead atoms. The lowest BCUT2D eigenvalue weighted by Crippen LogP contribution is -2.60. The van der Waals surface area contributed by atoms with Crippen LogP contribution >= 0.6 is 0 Å². The number of carbonyl (C=O) groups is 2. The largest absolute Gasteiger partial charge is 0.454 e. The first-order chi connectivity index (χ1) is 22.6. The number of nitrogens with zero attached hydrogens (tertiary/aromatic N) is 1. The van der Waals surface area contributed by atoms with Crippen LogP contribution in [-0.2, 0) is 15.0 Å². The Bertz CT molecular complexity index is 1910. The number of amides is 1. The van der Waals surface area contributed by atoms with E-state index >= 15 is 8.78 Å². The third kappa shape index (κ3) is 5.62. The summed E-state index contributed by atoms with van der Waals surface area (Å²) < 4.78 is 72.6. The molecular formula is C38H29F4NO4. The van der Waals surface area contributed by atoms with Crippen LogP contribution in [0.25, 0.3) is 0 Å². The molecular weight excluding hydrogens is 610 g/mol. The summed E-state index contributed by atoms with van der Waals surface area (Å²) in [6.45, 7) is 2.27. The van der Waals surface area contributed by atoms with Crippen LogP contribution in [0.3, 0.4) is 0 Å². The molecule has 0 aromatic heterocycles. The van der Waals surface area contributed by atoms with Gasteiger partial charge >= 0.3 is 0 Å². The topological polar surface area (TPSA) is 55.8 Å². The van der Waals surface area contributed by atoms with Crippen molar-refractivity contribution in [1.29, 1.82) is 0 Å². The van der Waals surface area contributed by atoms with Crippen molar-refractivity contribution in [3.8, 4) is 11.5 Å². The highest BCUT2D eigenvalue weighted by molar-refractivity contribution is 6.01. The molecule has 1 aliphatic rings. The number of carbonyl (C=O) groups excluding carboxylic acids is 2. The van der Waals surface area contributed by atoms with Crippen LogP contribution in [-0.4, -0.2) is 24.5 Å². The minimum Gasteiger partial charge on any atom is -0.454 e. The molecule has 0 saturated heterocycles. The Hall–Kier alpha value is -5.44. The molecule has 0 saturated carbocycles. The van der Waals surface area contributed by atoms with E-state index in [9.17, 15) is 18.4 Å². The second kappa shape index (κ2) is 12.7. The minimum absolute atomic E-state index is 0.0893. The number of hydrogen-bond acceptors (Lipinski definition) is 4. The van der Waals surface area contributed by atoms with Crippen molar-refractivity contribution in [2.75, 3.05) is 11.7 Å². The van der Waals surface area contributed by atoms with E-state index in [4.69, 9.17) is 9.47 Å². The maximum atomic E-state index is 16.7. The minimum atomic E-state index is -1.94. The van der Waals surface area contributed by atoms with Gasteiger partial charge in [0, 0.05) is 30.5 Å². The van der Waals surface area contributed by atoms with Crippen molar-refractivity contribution in [1.82, 2.24) is 0 Å². The zero-order valence-electron chi connectivity index (χ0n) is 25.4. The molecule has 0 N–H and O–H groups in total. The molecule has 9 heteroatoms. The molecule has 2 unspecified atom stereocenters. The van der Waals surface area contributed by atoms with Crippen molar-refractivity contribution < 1.29 is 36.6 Å². The summed E-state index contributed by atoms with van der Waals surface area (Å²) in [4.78, 5) is 29.1. The number of fused-ring (bicyclic) bond motifs is 1. The van der Waals surface area contributed by atoms with E-state index in [-0.39, 0.29) is 12.4 Å². The molecule has 5 aromatic rings. The summed E-state index contributed by atoms with van der Waals surface area (Å²) in [5.74, 6) is -5.59. The van der Waals surface area contributed by atoms with E-state index in [2.05, 4.69) is 0 Å². The molecule has 0 aliphatic carbocycles. The Morgan fingerprint density at radius 3 is 1.81 bits per heavy atom. The van der Waals surface area contributed by atoms with Crippen molar-refractivity contribution in [2.24, 2.45) is 0 Å². The van der Waals surface area contributed by atoms with E-state index in [0.717, 1.165) is 30.0 Å².